The first kappa shape index (κ1) is 10.9. The molecular formula is C15H18FNO. The number of piperidine rings is 1. The Morgan fingerprint density at radius 3 is 2.78 bits per heavy atom. The molecule has 1 spiro atoms. The number of halogens is 1. The fraction of sp³-hybridized carbons (Fsp3) is 0.600. The summed E-state index contributed by atoms with van der Waals surface area (Å²) < 4.78 is 19.6. The highest BCUT2D eigenvalue weighted by Gasteiger charge is 2.47. The van der Waals surface area contributed by atoms with E-state index in [4.69, 9.17) is 4.74 Å². The van der Waals surface area contributed by atoms with Crippen molar-refractivity contribution in [2.75, 3.05) is 6.61 Å². The molecule has 3 aliphatic heterocycles. The molecule has 1 aromatic rings. The van der Waals surface area contributed by atoms with Crippen LogP contribution < -0.4 is 5.32 Å². The lowest BCUT2D eigenvalue weighted by molar-refractivity contribution is -0.0912. The molecule has 1 aromatic carbocycles. The first-order chi connectivity index (χ1) is 8.75. The van der Waals surface area contributed by atoms with Crippen LogP contribution >= 0.6 is 0 Å². The van der Waals surface area contributed by atoms with Crippen LogP contribution in [0.1, 0.15) is 36.8 Å². The van der Waals surface area contributed by atoms with Crippen LogP contribution in [-0.4, -0.2) is 18.7 Å². The third kappa shape index (κ3) is 1.54. The molecule has 0 saturated carbocycles. The van der Waals surface area contributed by atoms with Gasteiger partial charge in [0, 0.05) is 12.1 Å². The summed E-state index contributed by atoms with van der Waals surface area (Å²) in [6.45, 7) is 0.732. The van der Waals surface area contributed by atoms with Crippen molar-refractivity contribution in [2.45, 2.75) is 49.8 Å². The quantitative estimate of drug-likeness (QED) is 0.760. The summed E-state index contributed by atoms with van der Waals surface area (Å²) in [6.07, 6.45) is 5.44. The summed E-state index contributed by atoms with van der Waals surface area (Å²) in [7, 11) is 0. The fourth-order valence-electron chi connectivity index (χ4n) is 4.09. The second kappa shape index (κ2) is 3.78. The lowest BCUT2D eigenvalue weighted by Crippen LogP contribution is -2.50. The lowest BCUT2D eigenvalue weighted by Gasteiger charge is -2.45. The van der Waals surface area contributed by atoms with Gasteiger partial charge in [0.1, 0.15) is 5.82 Å². The first-order valence-corrected chi connectivity index (χ1v) is 6.94. The minimum absolute atomic E-state index is 0.122. The molecule has 2 saturated heterocycles. The molecule has 2 fully saturated rings. The van der Waals surface area contributed by atoms with Crippen LogP contribution in [0.5, 0.6) is 0 Å². The van der Waals surface area contributed by atoms with Gasteiger partial charge >= 0.3 is 0 Å². The molecular weight excluding hydrogens is 229 g/mol. The largest absolute Gasteiger partial charge is 0.370 e. The first-order valence-electron chi connectivity index (χ1n) is 6.94. The van der Waals surface area contributed by atoms with Crippen molar-refractivity contribution in [1.82, 2.24) is 5.32 Å². The summed E-state index contributed by atoms with van der Waals surface area (Å²) in [5.41, 5.74) is 2.26. The van der Waals surface area contributed by atoms with Crippen molar-refractivity contribution < 1.29 is 9.13 Å². The second-order valence-corrected chi connectivity index (χ2v) is 5.94. The smallest absolute Gasteiger partial charge is 0.123 e. The van der Waals surface area contributed by atoms with Crippen molar-refractivity contribution >= 4 is 0 Å². The third-order valence-corrected chi connectivity index (χ3v) is 4.80. The summed E-state index contributed by atoms with van der Waals surface area (Å²) in [6, 6.07) is 6.40. The third-order valence-electron chi connectivity index (χ3n) is 4.80. The van der Waals surface area contributed by atoms with Crippen molar-refractivity contribution in [2.24, 2.45) is 0 Å². The molecule has 0 aromatic heterocycles. The van der Waals surface area contributed by atoms with Crippen LogP contribution in [0.15, 0.2) is 18.2 Å². The van der Waals surface area contributed by atoms with Crippen LogP contribution in [0.4, 0.5) is 4.39 Å². The molecule has 2 atom stereocenters. The van der Waals surface area contributed by atoms with Gasteiger partial charge in [-0.15, -0.1) is 0 Å². The van der Waals surface area contributed by atoms with E-state index in [0.717, 1.165) is 31.4 Å². The molecule has 0 amide bonds. The van der Waals surface area contributed by atoms with Crippen LogP contribution in [0, 0.1) is 5.82 Å². The summed E-state index contributed by atoms with van der Waals surface area (Å²) >= 11 is 0. The number of fused-ring (bicyclic) bond motifs is 4. The second-order valence-electron chi connectivity index (χ2n) is 5.94. The van der Waals surface area contributed by atoms with Gasteiger partial charge < -0.3 is 10.1 Å². The summed E-state index contributed by atoms with van der Waals surface area (Å²) in [5.74, 6) is -0.122. The van der Waals surface area contributed by atoms with Gasteiger partial charge in [-0.05, 0) is 55.4 Å². The highest BCUT2D eigenvalue weighted by atomic mass is 19.1. The zero-order valence-electron chi connectivity index (χ0n) is 10.4. The average Bonchev–Trinajstić information content (AvgIpc) is 2.69. The van der Waals surface area contributed by atoms with Crippen molar-refractivity contribution in [3.05, 3.63) is 35.1 Å². The van der Waals surface area contributed by atoms with Crippen molar-refractivity contribution in [3.63, 3.8) is 0 Å². The minimum atomic E-state index is -0.141. The monoisotopic (exact) mass is 247 g/mol. The lowest BCUT2D eigenvalue weighted by atomic mass is 9.77. The van der Waals surface area contributed by atoms with Gasteiger partial charge in [0.25, 0.3) is 0 Å². The summed E-state index contributed by atoms with van der Waals surface area (Å²) in [5, 5.41) is 3.65. The zero-order valence-corrected chi connectivity index (χ0v) is 10.4. The van der Waals surface area contributed by atoms with Crippen LogP contribution in [0.2, 0.25) is 0 Å². The number of benzene rings is 1. The van der Waals surface area contributed by atoms with E-state index in [9.17, 15) is 4.39 Å². The van der Waals surface area contributed by atoms with Gasteiger partial charge in [0.2, 0.25) is 0 Å². The van der Waals surface area contributed by atoms with Gasteiger partial charge in [0.05, 0.1) is 12.2 Å². The Bertz CT molecular complexity index is 475. The molecule has 1 N–H and O–H groups in total. The SMILES string of the molecule is Fc1ccc2c(c1)CCOC21CC2CCC(C1)N2. The molecule has 0 aliphatic carbocycles. The number of hydrogen-bond acceptors (Lipinski definition) is 2. The zero-order chi connectivity index (χ0) is 12.2. The number of hydrogen-bond donors (Lipinski definition) is 1. The Labute approximate surface area is 107 Å². The molecule has 96 valence electrons. The standard InChI is InChI=1S/C15H18FNO/c16-11-1-4-14-10(7-11)5-6-18-15(14)8-12-2-3-13(9-15)17-12/h1,4,7,12-13,17H,2-3,5-6,8-9H2. The normalized spacial score (nSPS) is 37.8. The number of nitrogens with one attached hydrogen (secondary N) is 1. The van der Waals surface area contributed by atoms with Gasteiger partial charge in [-0.3, -0.25) is 0 Å². The summed E-state index contributed by atoms with van der Waals surface area (Å²) in [4.78, 5) is 0. The Morgan fingerprint density at radius 1 is 1.22 bits per heavy atom. The van der Waals surface area contributed by atoms with Crippen molar-refractivity contribution in [1.29, 1.82) is 0 Å². The Kier molecular flexibility index (Phi) is 2.30. The molecule has 2 bridgehead atoms. The average molecular weight is 247 g/mol. The van der Waals surface area contributed by atoms with Gasteiger partial charge in [0.15, 0.2) is 0 Å². The molecule has 4 rings (SSSR count). The van der Waals surface area contributed by atoms with E-state index in [1.165, 1.54) is 18.4 Å². The molecule has 18 heavy (non-hydrogen) atoms. The highest BCUT2D eigenvalue weighted by molar-refractivity contribution is 5.36. The molecule has 0 radical (unpaired) electrons. The maximum Gasteiger partial charge on any atom is 0.123 e. The van der Waals surface area contributed by atoms with Gasteiger partial charge in [-0.25, -0.2) is 4.39 Å². The minimum Gasteiger partial charge on any atom is -0.370 e. The van der Waals surface area contributed by atoms with E-state index in [0.29, 0.717) is 12.1 Å². The predicted molar refractivity (Wildman–Crippen MR) is 66.9 cm³/mol. The van der Waals surface area contributed by atoms with Crippen LogP contribution in [0.3, 0.4) is 0 Å². The van der Waals surface area contributed by atoms with E-state index in [-0.39, 0.29) is 11.4 Å². The van der Waals surface area contributed by atoms with E-state index >= 15 is 0 Å². The highest BCUT2D eigenvalue weighted by Crippen LogP contribution is 2.46. The van der Waals surface area contributed by atoms with E-state index in [1.54, 1.807) is 12.1 Å². The maximum atomic E-state index is 13.4. The van der Waals surface area contributed by atoms with Gasteiger partial charge in [-0.2, -0.15) is 0 Å². The molecule has 3 heterocycles. The van der Waals surface area contributed by atoms with E-state index < -0.39 is 0 Å². The van der Waals surface area contributed by atoms with E-state index in [2.05, 4.69) is 5.32 Å². The van der Waals surface area contributed by atoms with E-state index in [1.807, 2.05) is 6.07 Å². The predicted octanol–water partition coefficient (Wildman–Crippen LogP) is 2.51. The maximum absolute atomic E-state index is 13.4. The van der Waals surface area contributed by atoms with Crippen LogP contribution in [0.25, 0.3) is 0 Å². The molecule has 3 aliphatic rings. The number of ether oxygens (including phenoxy) is 1. The Morgan fingerprint density at radius 2 is 2.00 bits per heavy atom. The van der Waals surface area contributed by atoms with Crippen LogP contribution in [-0.2, 0) is 16.8 Å². The number of rotatable bonds is 0. The molecule has 2 nitrogen and oxygen atoms in total. The molecule has 3 heteroatoms. The Hall–Kier alpha value is -0.930. The fourth-order valence-corrected chi connectivity index (χ4v) is 4.09. The van der Waals surface area contributed by atoms with Gasteiger partial charge in [-0.1, -0.05) is 6.07 Å². The van der Waals surface area contributed by atoms with Crippen molar-refractivity contribution in [3.8, 4) is 0 Å². The molecule has 2 unspecified atom stereocenters. The topological polar surface area (TPSA) is 21.3 Å². The Balaban J connectivity index is 1.79.